The van der Waals surface area contributed by atoms with Gasteiger partial charge in [-0.05, 0) is 47.9 Å². The molecular formula is C20H19N5O. The van der Waals surface area contributed by atoms with E-state index in [1.807, 2.05) is 37.0 Å². The summed E-state index contributed by atoms with van der Waals surface area (Å²) in [5, 5.41) is 12.4. The second-order valence-electron chi connectivity index (χ2n) is 6.37. The third kappa shape index (κ3) is 2.75. The number of hydrogen-bond donors (Lipinski definition) is 1. The molecule has 0 fully saturated rings. The molecule has 0 unspecified atom stereocenters. The van der Waals surface area contributed by atoms with E-state index in [1.165, 1.54) is 0 Å². The number of fused-ring (bicyclic) bond motifs is 1. The molecule has 130 valence electrons. The van der Waals surface area contributed by atoms with Gasteiger partial charge in [-0.3, -0.25) is 14.2 Å². The third-order valence-corrected chi connectivity index (χ3v) is 4.61. The topological polar surface area (TPSA) is 64.7 Å². The fraction of sp³-hybridized carbons (Fsp3) is 0.150. The van der Waals surface area contributed by atoms with Gasteiger partial charge in [-0.15, -0.1) is 0 Å². The Hall–Kier alpha value is -3.41. The van der Waals surface area contributed by atoms with Gasteiger partial charge in [0, 0.05) is 31.4 Å². The summed E-state index contributed by atoms with van der Waals surface area (Å²) in [4.78, 5) is 12.4. The van der Waals surface area contributed by atoms with Crippen LogP contribution in [0.15, 0.2) is 54.9 Å². The van der Waals surface area contributed by atoms with Crippen LogP contribution in [0.2, 0.25) is 0 Å². The molecule has 0 spiro atoms. The van der Waals surface area contributed by atoms with E-state index in [-0.39, 0.29) is 5.91 Å². The van der Waals surface area contributed by atoms with Crippen molar-refractivity contribution in [2.75, 3.05) is 5.32 Å². The van der Waals surface area contributed by atoms with Gasteiger partial charge in [0.05, 0.1) is 11.7 Å². The zero-order valence-corrected chi connectivity index (χ0v) is 14.9. The summed E-state index contributed by atoms with van der Waals surface area (Å²) in [6, 6.07) is 14.0. The van der Waals surface area contributed by atoms with E-state index in [9.17, 15) is 4.79 Å². The molecule has 4 aromatic rings. The van der Waals surface area contributed by atoms with Crippen molar-refractivity contribution in [2.24, 2.45) is 14.1 Å². The van der Waals surface area contributed by atoms with Crippen LogP contribution in [0, 0.1) is 6.92 Å². The second-order valence-corrected chi connectivity index (χ2v) is 6.37. The molecule has 0 aliphatic carbocycles. The highest BCUT2D eigenvalue weighted by Gasteiger charge is 2.12. The van der Waals surface area contributed by atoms with Crippen LogP contribution in [-0.4, -0.2) is 25.5 Å². The van der Waals surface area contributed by atoms with Crippen LogP contribution in [0.4, 0.5) is 5.69 Å². The first-order valence-corrected chi connectivity index (χ1v) is 8.35. The lowest BCUT2D eigenvalue weighted by Crippen LogP contribution is -2.16. The number of benzene rings is 2. The summed E-state index contributed by atoms with van der Waals surface area (Å²) >= 11 is 0. The molecular weight excluding hydrogens is 326 g/mol. The van der Waals surface area contributed by atoms with Crippen molar-refractivity contribution in [3.63, 3.8) is 0 Å². The summed E-state index contributed by atoms with van der Waals surface area (Å²) in [5.41, 5.74) is 5.63. The van der Waals surface area contributed by atoms with Gasteiger partial charge in [0.25, 0.3) is 5.91 Å². The molecule has 2 heterocycles. The van der Waals surface area contributed by atoms with Gasteiger partial charge in [0.1, 0.15) is 5.69 Å². The lowest BCUT2D eigenvalue weighted by Gasteiger charge is -2.11. The molecule has 0 saturated heterocycles. The van der Waals surface area contributed by atoms with E-state index < -0.39 is 0 Å². The highest BCUT2D eigenvalue weighted by molar-refractivity contribution is 6.03. The molecule has 6 heteroatoms. The number of rotatable bonds is 3. The number of nitrogens with zero attached hydrogens (tertiary/aromatic N) is 4. The Bertz CT molecular complexity index is 1120. The number of carbonyl (C=O) groups is 1. The average molecular weight is 345 g/mol. The summed E-state index contributed by atoms with van der Waals surface area (Å²) in [7, 11) is 3.69. The SMILES string of the molecule is Cc1cc(-c2ccc3cnn(C)c3c2)ccc1NC(=O)c1ccnn1C. The normalized spacial score (nSPS) is 11.0. The van der Waals surface area contributed by atoms with E-state index in [2.05, 4.69) is 39.8 Å². The molecule has 0 aliphatic rings. The largest absolute Gasteiger partial charge is 0.320 e. The molecule has 0 radical (unpaired) electrons. The fourth-order valence-electron chi connectivity index (χ4n) is 3.09. The zero-order valence-electron chi connectivity index (χ0n) is 14.9. The fourth-order valence-corrected chi connectivity index (χ4v) is 3.09. The maximum absolute atomic E-state index is 12.4. The minimum atomic E-state index is -0.169. The number of aryl methyl sites for hydroxylation is 3. The Morgan fingerprint density at radius 3 is 2.46 bits per heavy atom. The molecule has 0 saturated carbocycles. The monoisotopic (exact) mass is 345 g/mol. The minimum absolute atomic E-state index is 0.169. The zero-order chi connectivity index (χ0) is 18.3. The van der Waals surface area contributed by atoms with Crippen molar-refractivity contribution in [3.8, 4) is 11.1 Å². The van der Waals surface area contributed by atoms with Crippen LogP contribution >= 0.6 is 0 Å². The summed E-state index contributed by atoms with van der Waals surface area (Å²) < 4.78 is 3.43. The third-order valence-electron chi connectivity index (χ3n) is 4.61. The van der Waals surface area contributed by atoms with Crippen molar-refractivity contribution in [1.82, 2.24) is 19.6 Å². The molecule has 26 heavy (non-hydrogen) atoms. The highest BCUT2D eigenvalue weighted by Crippen LogP contribution is 2.27. The van der Waals surface area contributed by atoms with E-state index in [0.29, 0.717) is 5.69 Å². The highest BCUT2D eigenvalue weighted by atomic mass is 16.2. The number of nitrogens with one attached hydrogen (secondary N) is 1. The first-order valence-electron chi connectivity index (χ1n) is 8.35. The maximum atomic E-state index is 12.4. The van der Waals surface area contributed by atoms with Crippen molar-refractivity contribution < 1.29 is 4.79 Å². The predicted octanol–water partition coefficient (Wildman–Crippen LogP) is 3.53. The first-order chi connectivity index (χ1) is 12.5. The molecule has 1 amide bonds. The van der Waals surface area contributed by atoms with Gasteiger partial charge in [-0.2, -0.15) is 10.2 Å². The van der Waals surface area contributed by atoms with E-state index >= 15 is 0 Å². The van der Waals surface area contributed by atoms with Gasteiger partial charge in [0.2, 0.25) is 0 Å². The van der Waals surface area contributed by atoms with Gasteiger partial charge >= 0.3 is 0 Å². The second kappa shape index (κ2) is 6.15. The van der Waals surface area contributed by atoms with Crippen molar-refractivity contribution >= 4 is 22.5 Å². The number of carbonyl (C=O) groups excluding carboxylic acids is 1. The van der Waals surface area contributed by atoms with Crippen molar-refractivity contribution in [3.05, 3.63) is 66.1 Å². The molecule has 2 aromatic heterocycles. The number of anilines is 1. The number of amides is 1. The number of hydrogen-bond acceptors (Lipinski definition) is 3. The predicted molar refractivity (Wildman–Crippen MR) is 102 cm³/mol. The standard InChI is InChI=1S/C20H19N5O/c1-13-10-14(15-4-5-16-12-22-25(3)19(16)11-15)6-7-17(13)23-20(26)18-8-9-21-24(18)2/h4-12H,1-3H3,(H,23,26). The lowest BCUT2D eigenvalue weighted by atomic mass is 10.0. The van der Waals surface area contributed by atoms with E-state index in [0.717, 1.165) is 33.3 Å². The molecule has 1 N–H and O–H groups in total. The van der Waals surface area contributed by atoms with Crippen LogP contribution < -0.4 is 5.32 Å². The molecule has 0 bridgehead atoms. The van der Waals surface area contributed by atoms with Crippen LogP contribution in [0.3, 0.4) is 0 Å². The molecule has 0 atom stereocenters. The average Bonchev–Trinajstić information content (AvgIpc) is 3.22. The Labute approximate surface area is 151 Å². The molecule has 6 nitrogen and oxygen atoms in total. The van der Waals surface area contributed by atoms with Gasteiger partial charge in [-0.25, -0.2) is 0 Å². The molecule has 4 rings (SSSR count). The Balaban J connectivity index is 1.63. The van der Waals surface area contributed by atoms with Gasteiger partial charge in [0.15, 0.2) is 0 Å². The smallest absolute Gasteiger partial charge is 0.273 e. The lowest BCUT2D eigenvalue weighted by molar-refractivity contribution is 0.101. The van der Waals surface area contributed by atoms with Crippen LogP contribution in [-0.2, 0) is 14.1 Å². The van der Waals surface area contributed by atoms with Gasteiger partial charge in [-0.1, -0.05) is 18.2 Å². The van der Waals surface area contributed by atoms with E-state index in [1.54, 1.807) is 24.0 Å². The minimum Gasteiger partial charge on any atom is -0.320 e. The first kappa shape index (κ1) is 16.1. The Morgan fingerprint density at radius 2 is 1.73 bits per heavy atom. The Morgan fingerprint density at radius 1 is 0.962 bits per heavy atom. The summed E-state index contributed by atoms with van der Waals surface area (Å²) in [6.45, 7) is 1.99. The van der Waals surface area contributed by atoms with Crippen LogP contribution in [0.25, 0.3) is 22.0 Å². The molecule has 0 aliphatic heterocycles. The Kier molecular flexibility index (Phi) is 3.80. The number of aromatic nitrogens is 4. The van der Waals surface area contributed by atoms with Crippen molar-refractivity contribution in [2.45, 2.75) is 6.92 Å². The van der Waals surface area contributed by atoms with Crippen molar-refractivity contribution in [1.29, 1.82) is 0 Å². The summed E-state index contributed by atoms with van der Waals surface area (Å²) in [5.74, 6) is -0.169. The quantitative estimate of drug-likeness (QED) is 0.618. The van der Waals surface area contributed by atoms with Crippen LogP contribution in [0.1, 0.15) is 16.1 Å². The van der Waals surface area contributed by atoms with E-state index in [4.69, 9.17) is 0 Å². The summed E-state index contributed by atoms with van der Waals surface area (Å²) in [6.07, 6.45) is 3.47. The molecule has 2 aromatic carbocycles. The van der Waals surface area contributed by atoms with Crippen LogP contribution in [0.5, 0.6) is 0 Å². The maximum Gasteiger partial charge on any atom is 0.273 e. The van der Waals surface area contributed by atoms with Gasteiger partial charge < -0.3 is 5.32 Å².